The monoisotopic (exact) mass is 354 g/mol. The van der Waals surface area contributed by atoms with Crippen LogP contribution in [0, 0.1) is 0 Å². The van der Waals surface area contributed by atoms with Gasteiger partial charge >= 0.3 is 0 Å². The zero-order chi connectivity index (χ0) is 17.2. The Balaban J connectivity index is 1.45. The van der Waals surface area contributed by atoms with Crippen LogP contribution in [0.2, 0.25) is 0 Å². The van der Waals surface area contributed by atoms with Crippen molar-refractivity contribution in [2.45, 2.75) is 25.4 Å². The van der Waals surface area contributed by atoms with Crippen LogP contribution in [0.1, 0.15) is 34.2 Å². The van der Waals surface area contributed by atoms with Gasteiger partial charge in [-0.1, -0.05) is 18.2 Å². The summed E-state index contributed by atoms with van der Waals surface area (Å²) in [5.74, 6) is -0.128. The smallest absolute Gasteiger partial charge is 0.271 e. The standard InChI is InChI=1S/C19H22N4OS/c1-20-19(24)17-8-10-23(21-17)15-6-4-9-22(12-15)13-16-11-14-5-2-3-7-18(14)25-16/h2-3,5,7-8,10-11,15H,4,6,9,12-13H2,1H3,(H,20,24)/t15-/m1/s1. The molecule has 0 bridgehead atoms. The number of aromatic nitrogens is 2. The zero-order valence-corrected chi connectivity index (χ0v) is 15.1. The molecule has 2 aromatic heterocycles. The Bertz CT molecular complexity index is 851. The van der Waals surface area contributed by atoms with Gasteiger partial charge in [0.05, 0.1) is 6.04 Å². The molecule has 1 aromatic carbocycles. The molecule has 130 valence electrons. The maximum Gasteiger partial charge on any atom is 0.271 e. The van der Waals surface area contributed by atoms with Gasteiger partial charge in [-0.05, 0) is 43.0 Å². The number of thiophene rings is 1. The van der Waals surface area contributed by atoms with Crippen LogP contribution in [0.15, 0.2) is 42.6 Å². The Morgan fingerprint density at radius 3 is 3.08 bits per heavy atom. The van der Waals surface area contributed by atoms with Gasteiger partial charge < -0.3 is 5.32 Å². The van der Waals surface area contributed by atoms with Crippen molar-refractivity contribution in [3.63, 3.8) is 0 Å². The zero-order valence-electron chi connectivity index (χ0n) is 14.3. The topological polar surface area (TPSA) is 50.2 Å². The second-order valence-electron chi connectivity index (χ2n) is 6.54. The summed E-state index contributed by atoms with van der Waals surface area (Å²) in [7, 11) is 1.63. The maximum absolute atomic E-state index is 11.7. The number of carbonyl (C=O) groups is 1. The van der Waals surface area contributed by atoms with Crippen LogP contribution in [0.4, 0.5) is 0 Å². The van der Waals surface area contributed by atoms with E-state index < -0.39 is 0 Å². The Morgan fingerprint density at radius 2 is 2.24 bits per heavy atom. The van der Waals surface area contributed by atoms with Crippen molar-refractivity contribution in [2.24, 2.45) is 0 Å². The molecule has 3 heterocycles. The van der Waals surface area contributed by atoms with Crippen molar-refractivity contribution in [3.05, 3.63) is 53.2 Å². The minimum Gasteiger partial charge on any atom is -0.354 e. The van der Waals surface area contributed by atoms with E-state index in [2.05, 4.69) is 45.6 Å². The first-order valence-corrected chi connectivity index (χ1v) is 9.51. The van der Waals surface area contributed by atoms with E-state index >= 15 is 0 Å². The first-order chi connectivity index (χ1) is 12.2. The summed E-state index contributed by atoms with van der Waals surface area (Å²) in [6.07, 6.45) is 4.20. The largest absolute Gasteiger partial charge is 0.354 e. The number of nitrogens with one attached hydrogen (secondary N) is 1. The summed E-state index contributed by atoms with van der Waals surface area (Å²) >= 11 is 1.88. The molecule has 0 aliphatic carbocycles. The van der Waals surface area contributed by atoms with Gasteiger partial charge in [0.2, 0.25) is 0 Å². The first-order valence-electron chi connectivity index (χ1n) is 8.70. The fourth-order valence-corrected chi connectivity index (χ4v) is 4.62. The number of piperidine rings is 1. The minimum atomic E-state index is -0.128. The normalized spacial score (nSPS) is 18.5. The van der Waals surface area contributed by atoms with Crippen LogP contribution in [0.3, 0.4) is 0 Å². The SMILES string of the molecule is CNC(=O)c1ccn([C@@H]2CCCN(Cc3cc4ccccc4s3)C2)n1. The van der Waals surface area contributed by atoms with Crippen molar-refractivity contribution in [3.8, 4) is 0 Å². The lowest BCUT2D eigenvalue weighted by Gasteiger charge is -2.32. The molecule has 1 aliphatic rings. The van der Waals surface area contributed by atoms with E-state index in [1.165, 1.54) is 15.0 Å². The predicted octanol–water partition coefficient (Wildman–Crippen LogP) is 3.29. The number of amides is 1. The second kappa shape index (κ2) is 6.98. The van der Waals surface area contributed by atoms with Crippen molar-refractivity contribution in [1.29, 1.82) is 0 Å². The predicted molar refractivity (Wildman–Crippen MR) is 101 cm³/mol. The van der Waals surface area contributed by atoms with Crippen molar-refractivity contribution >= 4 is 27.3 Å². The van der Waals surface area contributed by atoms with E-state index in [0.29, 0.717) is 11.7 Å². The summed E-state index contributed by atoms with van der Waals surface area (Å²) in [5.41, 5.74) is 0.490. The van der Waals surface area contributed by atoms with E-state index in [1.807, 2.05) is 22.2 Å². The molecule has 0 saturated carbocycles. The fraction of sp³-hybridized carbons (Fsp3) is 0.368. The summed E-state index contributed by atoms with van der Waals surface area (Å²) in [6.45, 7) is 3.08. The third-order valence-corrected chi connectivity index (χ3v) is 5.88. The Kier molecular flexibility index (Phi) is 4.55. The van der Waals surface area contributed by atoms with E-state index in [9.17, 15) is 4.79 Å². The van der Waals surface area contributed by atoms with Crippen LogP contribution in [-0.2, 0) is 6.54 Å². The number of rotatable bonds is 4. The third-order valence-electron chi connectivity index (χ3n) is 4.78. The number of nitrogens with zero attached hydrogens (tertiary/aromatic N) is 3. The van der Waals surface area contributed by atoms with Crippen LogP contribution in [0.5, 0.6) is 0 Å². The number of benzene rings is 1. The molecule has 0 spiro atoms. The van der Waals surface area contributed by atoms with Gasteiger partial charge in [-0.25, -0.2) is 0 Å². The molecule has 1 N–H and O–H groups in total. The van der Waals surface area contributed by atoms with E-state index in [0.717, 1.165) is 32.5 Å². The van der Waals surface area contributed by atoms with Crippen molar-refractivity contribution < 1.29 is 4.79 Å². The van der Waals surface area contributed by atoms with Crippen LogP contribution >= 0.6 is 11.3 Å². The molecule has 0 radical (unpaired) electrons. The van der Waals surface area contributed by atoms with Crippen LogP contribution in [0.25, 0.3) is 10.1 Å². The molecule has 0 unspecified atom stereocenters. The molecule has 4 rings (SSSR count). The van der Waals surface area contributed by atoms with Gasteiger partial charge in [0.25, 0.3) is 5.91 Å². The Hall–Kier alpha value is -2.18. The molecular weight excluding hydrogens is 332 g/mol. The quantitative estimate of drug-likeness (QED) is 0.782. The van der Waals surface area contributed by atoms with Gasteiger partial charge in [0.1, 0.15) is 5.69 Å². The highest BCUT2D eigenvalue weighted by molar-refractivity contribution is 7.19. The molecular formula is C19H22N4OS. The molecule has 1 amide bonds. The highest BCUT2D eigenvalue weighted by Crippen LogP contribution is 2.28. The number of carbonyl (C=O) groups excluding carboxylic acids is 1. The average molecular weight is 354 g/mol. The van der Waals surface area contributed by atoms with E-state index in [-0.39, 0.29) is 5.91 Å². The number of hydrogen-bond donors (Lipinski definition) is 1. The highest BCUT2D eigenvalue weighted by atomic mass is 32.1. The number of likely N-dealkylation sites (tertiary alicyclic amines) is 1. The molecule has 1 atom stereocenters. The molecule has 5 nitrogen and oxygen atoms in total. The van der Waals surface area contributed by atoms with E-state index in [1.54, 1.807) is 13.1 Å². The van der Waals surface area contributed by atoms with Gasteiger partial charge in [-0.2, -0.15) is 5.10 Å². The number of hydrogen-bond acceptors (Lipinski definition) is 4. The second-order valence-corrected chi connectivity index (χ2v) is 7.71. The molecule has 3 aromatic rings. The first kappa shape index (κ1) is 16.3. The lowest BCUT2D eigenvalue weighted by Crippen LogP contribution is -2.36. The van der Waals surface area contributed by atoms with Crippen LogP contribution < -0.4 is 5.32 Å². The Morgan fingerprint density at radius 1 is 1.36 bits per heavy atom. The van der Waals surface area contributed by atoms with Gasteiger partial charge in [0.15, 0.2) is 0 Å². The highest BCUT2D eigenvalue weighted by Gasteiger charge is 2.23. The minimum absolute atomic E-state index is 0.128. The summed E-state index contributed by atoms with van der Waals surface area (Å²) < 4.78 is 3.31. The third kappa shape index (κ3) is 3.45. The van der Waals surface area contributed by atoms with Crippen molar-refractivity contribution in [2.75, 3.05) is 20.1 Å². The van der Waals surface area contributed by atoms with Crippen molar-refractivity contribution in [1.82, 2.24) is 20.0 Å². The number of fused-ring (bicyclic) bond motifs is 1. The summed E-state index contributed by atoms with van der Waals surface area (Å²) in [5, 5.41) is 8.42. The fourth-order valence-electron chi connectivity index (χ4n) is 3.52. The lowest BCUT2D eigenvalue weighted by molar-refractivity contribution is 0.0955. The molecule has 1 saturated heterocycles. The molecule has 6 heteroatoms. The maximum atomic E-state index is 11.7. The lowest BCUT2D eigenvalue weighted by atomic mass is 10.1. The van der Waals surface area contributed by atoms with E-state index in [4.69, 9.17) is 0 Å². The van der Waals surface area contributed by atoms with Gasteiger partial charge in [0, 0.05) is 35.9 Å². The molecule has 1 fully saturated rings. The molecule has 1 aliphatic heterocycles. The molecule has 25 heavy (non-hydrogen) atoms. The van der Waals surface area contributed by atoms with Gasteiger partial charge in [-0.3, -0.25) is 14.4 Å². The van der Waals surface area contributed by atoms with Gasteiger partial charge in [-0.15, -0.1) is 11.3 Å². The van der Waals surface area contributed by atoms with Crippen LogP contribution in [-0.4, -0.2) is 40.7 Å². The summed E-state index contributed by atoms with van der Waals surface area (Å²) in [6, 6.07) is 13.0. The Labute approximate surface area is 151 Å². The summed E-state index contributed by atoms with van der Waals surface area (Å²) in [4.78, 5) is 15.6. The average Bonchev–Trinajstić information content (AvgIpc) is 3.28.